The molecule has 1 atom stereocenters. The van der Waals surface area contributed by atoms with E-state index in [-0.39, 0.29) is 6.10 Å². The van der Waals surface area contributed by atoms with E-state index in [9.17, 15) is 0 Å². The van der Waals surface area contributed by atoms with E-state index < -0.39 is 0 Å². The van der Waals surface area contributed by atoms with Crippen LogP contribution in [-0.4, -0.2) is 36.8 Å². The number of morpholine rings is 1. The molecule has 3 heteroatoms. The number of benzene rings is 1. The second-order valence-electron chi connectivity index (χ2n) is 3.71. The molecule has 1 aliphatic rings. The molecule has 2 rings (SSSR count). The van der Waals surface area contributed by atoms with Gasteiger partial charge in [0.25, 0.3) is 0 Å². The van der Waals surface area contributed by atoms with Gasteiger partial charge < -0.3 is 14.7 Å². The maximum Gasteiger partial charge on any atom is 0.115 e. The number of phenolic OH excluding ortho intramolecular Hbond substituents is 1. The summed E-state index contributed by atoms with van der Waals surface area (Å²) in [5.41, 5.74) is 1.13. The van der Waals surface area contributed by atoms with Crippen molar-refractivity contribution in [3.8, 4) is 5.75 Å². The van der Waals surface area contributed by atoms with E-state index >= 15 is 0 Å². The number of phenols is 1. The summed E-state index contributed by atoms with van der Waals surface area (Å²) in [7, 11) is 2.09. The highest BCUT2D eigenvalue weighted by molar-refractivity contribution is 5.27. The zero-order chi connectivity index (χ0) is 9.97. The lowest BCUT2D eigenvalue weighted by atomic mass is 10.1. The molecule has 1 aliphatic heterocycles. The average Bonchev–Trinajstić information content (AvgIpc) is 2.19. The minimum Gasteiger partial charge on any atom is -0.508 e. The highest BCUT2D eigenvalue weighted by Crippen LogP contribution is 2.22. The molecule has 0 bridgehead atoms. The first kappa shape index (κ1) is 9.49. The first-order chi connectivity index (χ1) is 6.75. The molecule has 14 heavy (non-hydrogen) atoms. The van der Waals surface area contributed by atoms with Crippen LogP contribution >= 0.6 is 0 Å². The molecule has 0 amide bonds. The monoisotopic (exact) mass is 193 g/mol. The van der Waals surface area contributed by atoms with Crippen molar-refractivity contribution in [2.75, 3.05) is 26.7 Å². The summed E-state index contributed by atoms with van der Waals surface area (Å²) in [5, 5.41) is 9.16. The lowest BCUT2D eigenvalue weighted by Gasteiger charge is -2.30. The molecule has 1 heterocycles. The van der Waals surface area contributed by atoms with Crippen molar-refractivity contribution in [3.63, 3.8) is 0 Å². The quantitative estimate of drug-likeness (QED) is 0.731. The summed E-state index contributed by atoms with van der Waals surface area (Å²) in [5.74, 6) is 0.304. The fraction of sp³-hybridized carbons (Fsp3) is 0.455. The summed E-state index contributed by atoms with van der Waals surface area (Å²) in [6.45, 7) is 2.70. The Labute approximate surface area is 83.9 Å². The van der Waals surface area contributed by atoms with Gasteiger partial charge in [0, 0.05) is 13.1 Å². The van der Waals surface area contributed by atoms with Crippen molar-refractivity contribution in [1.82, 2.24) is 4.90 Å². The molecular weight excluding hydrogens is 178 g/mol. The van der Waals surface area contributed by atoms with E-state index in [0.717, 1.165) is 25.3 Å². The number of hydrogen-bond donors (Lipinski definition) is 1. The Morgan fingerprint density at radius 3 is 2.71 bits per heavy atom. The van der Waals surface area contributed by atoms with Crippen molar-refractivity contribution < 1.29 is 9.84 Å². The van der Waals surface area contributed by atoms with Gasteiger partial charge in [0.15, 0.2) is 0 Å². The minimum atomic E-state index is 0.148. The van der Waals surface area contributed by atoms with E-state index in [1.165, 1.54) is 0 Å². The van der Waals surface area contributed by atoms with E-state index in [2.05, 4.69) is 11.9 Å². The summed E-state index contributed by atoms with van der Waals surface area (Å²) in [4.78, 5) is 2.25. The van der Waals surface area contributed by atoms with Gasteiger partial charge in [0.2, 0.25) is 0 Å². The zero-order valence-electron chi connectivity index (χ0n) is 8.31. The largest absolute Gasteiger partial charge is 0.508 e. The van der Waals surface area contributed by atoms with Crippen LogP contribution in [0.15, 0.2) is 24.3 Å². The Hall–Kier alpha value is -1.06. The van der Waals surface area contributed by atoms with Gasteiger partial charge in [-0.1, -0.05) is 12.1 Å². The van der Waals surface area contributed by atoms with Crippen molar-refractivity contribution in [3.05, 3.63) is 29.8 Å². The summed E-state index contributed by atoms with van der Waals surface area (Å²) in [6, 6.07) is 7.24. The van der Waals surface area contributed by atoms with Crippen LogP contribution in [0.1, 0.15) is 11.7 Å². The molecule has 0 spiro atoms. The number of hydrogen-bond acceptors (Lipinski definition) is 3. The molecule has 0 radical (unpaired) electrons. The third-order valence-corrected chi connectivity index (χ3v) is 2.53. The second kappa shape index (κ2) is 3.98. The minimum absolute atomic E-state index is 0.148. The van der Waals surface area contributed by atoms with Crippen LogP contribution < -0.4 is 0 Å². The fourth-order valence-electron chi connectivity index (χ4n) is 1.67. The predicted octanol–water partition coefficient (Wildman–Crippen LogP) is 1.40. The predicted molar refractivity (Wildman–Crippen MR) is 54.3 cm³/mol. The Balaban J connectivity index is 2.10. The van der Waals surface area contributed by atoms with Crippen molar-refractivity contribution in [1.29, 1.82) is 0 Å². The molecule has 1 N–H and O–H groups in total. The Kier molecular flexibility index (Phi) is 2.70. The second-order valence-corrected chi connectivity index (χ2v) is 3.71. The van der Waals surface area contributed by atoms with Crippen LogP contribution in [0.25, 0.3) is 0 Å². The Bertz CT molecular complexity index is 297. The lowest BCUT2D eigenvalue weighted by molar-refractivity contribution is -0.0209. The smallest absolute Gasteiger partial charge is 0.115 e. The van der Waals surface area contributed by atoms with Crippen LogP contribution in [0.4, 0.5) is 0 Å². The molecule has 0 saturated carbocycles. The molecule has 1 saturated heterocycles. The molecule has 1 aromatic carbocycles. The topological polar surface area (TPSA) is 32.7 Å². The van der Waals surface area contributed by atoms with E-state index in [4.69, 9.17) is 9.84 Å². The first-order valence-corrected chi connectivity index (χ1v) is 4.85. The van der Waals surface area contributed by atoms with Gasteiger partial charge in [-0.2, -0.15) is 0 Å². The third-order valence-electron chi connectivity index (χ3n) is 2.53. The van der Waals surface area contributed by atoms with Gasteiger partial charge in [-0.15, -0.1) is 0 Å². The molecule has 0 aliphatic carbocycles. The number of likely N-dealkylation sites (N-methyl/N-ethyl adjacent to an activating group) is 1. The van der Waals surface area contributed by atoms with Crippen molar-refractivity contribution in [2.24, 2.45) is 0 Å². The zero-order valence-corrected chi connectivity index (χ0v) is 8.31. The summed E-state index contributed by atoms with van der Waals surface area (Å²) in [6.07, 6.45) is 0.148. The Morgan fingerprint density at radius 1 is 1.36 bits per heavy atom. The third kappa shape index (κ3) is 2.05. The standard InChI is InChI=1S/C11H15NO2/c1-12-6-7-14-11(8-12)9-2-4-10(13)5-3-9/h2-5,11,13H,6-8H2,1H3/t11-/m1/s1. The lowest BCUT2D eigenvalue weighted by Crippen LogP contribution is -2.35. The number of rotatable bonds is 1. The molecule has 1 aromatic rings. The molecule has 0 unspecified atom stereocenters. The van der Waals surface area contributed by atoms with Crippen molar-refractivity contribution >= 4 is 0 Å². The van der Waals surface area contributed by atoms with Gasteiger partial charge in [-0.3, -0.25) is 0 Å². The summed E-state index contributed by atoms with van der Waals surface area (Å²) < 4.78 is 5.65. The van der Waals surface area contributed by atoms with Crippen LogP contribution in [-0.2, 0) is 4.74 Å². The van der Waals surface area contributed by atoms with Gasteiger partial charge in [0.1, 0.15) is 5.75 Å². The maximum absolute atomic E-state index is 9.16. The highest BCUT2D eigenvalue weighted by Gasteiger charge is 2.18. The SMILES string of the molecule is CN1CCO[C@@H](c2ccc(O)cc2)C1. The van der Waals surface area contributed by atoms with Crippen LogP contribution in [0.5, 0.6) is 5.75 Å². The van der Waals surface area contributed by atoms with Crippen molar-refractivity contribution in [2.45, 2.75) is 6.10 Å². The maximum atomic E-state index is 9.16. The summed E-state index contributed by atoms with van der Waals surface area (Å²) >= 11 is 0. The van der Waals surface area contributed by atoms with E-state index in [0.29, 0.717) is 5.75 Å². The van der Waals surface area contributed by atoms with E-state index in [1.807, 2.05) is 12.1 Å². The van der Waals surface area contributed by atoms with Gasteiger partial charge in [-0.05, 0) is 24.7 Å². The first-order valence-electron chi connectivity index (χ1n) is 4.85. The number of aromatic hydroxyl groups is 1. The van der Waals surface area contributed by atoms with Gasteiger partial charge in [0.05, 0.1) is 12.7 Å². The van der Waals surface area contributed by atoms with Crippen LogP contribution in [0.2, 0.25) is 0 Å². The number of ether oxygens (including phenoxy) is 1. The molecule has 0 aromatic heterocycles. The highest BCUT2D eigenvalue weighted by atomic mass is 16.5. The van der Waals surface area contributed by atoms with Gasteiger partial charge in [-0.25, -0.2) is 0 Å². The van der Waals surface area contributed by atoms with Gasteiger partial charge >= 0.3 is 0 Å². The number of nitrogens with zero attached hydrogens (tertiary/aromatic N) is 1. The average molecular weight is 193 g/mol. The fourth-order valence-corrected chi connectivity index (χ4v) is 1.67. The van der Waals surface area contributed by atoms with Crippen LogP contribution in [0, 0.1) is 0 Å². The molecule has 76 valence electrons. The molecule has 3 nitrogen and oxygen atoms in total. The van der Waals surface area contributed by atoms with Crippen LogP contribution in [0.3, 0.4) is 0 Å². The Morgan fingerprint density at radius 2 is 2.07 bits per heavy atom. The molecule has 1 fully saturated rings. The normalized spacial score (nSPS) is 23.6. The molecular formula is C11H15NO2. The van der Waals surface area contributed by atoms with E-state index in [1.54, 1.807) is 12.1 Å².